The molecule has 0 unspecified atom stereocenters. The topological polar surface area (TPSA) is 121 Å². The van der Waals surface area contributed by atoms with Crippen LogP contribution in [0.25, 0.3) is 0 Å². The van der Waals surface area contributed by atoms with Crippen molar-refractivity contribution in [3.63, 3.8) is 0 Å². The molecule has 0 aromatic heterocycles. The Hall–Kier alpha value is -1.93. The molecule has 0 aliphatic carbocycles. The first-order valence-corrected chi connectivity index (χ1v) is 5.78. The van der Waals surface area contributed by atoms with E-state index in [0.29, 0.717) is 0 Å². The van der Waals surface area contributed by atoms with Crippen molar-refractivity contribution in [1.29, 1.82) is 0 Å². The van der Waals surface area contributed by atoms with E-state index in [1.54, 1.807) is 0 Å². The molecule has 0 aliphatic rings. The fraction of sp³-hybridized carbons (Fsp3) is 0.111. The minimum Gasteiger partial charge on any atom is -0.478 e. The zero-order valence-electron chi connectivity index (χ0n) is 8.67. The summed E-state index contributed by atoms with van der Waals surface area (Å²) in [5, 5.41) is 11.0. The first kappa shape index (κ1) is 13.1. The first-order chi connectivity index (χ1) is 7.71. The molecule has 92 valence electrons. The molecule has 1 aromatic rings. The van der Waals surface area contributed by atoms with Crippen LogP contribution in [0.3, 0.4) is 0 Å². The Morgan fingerprint density at radius 2 is 1.88 bits per heavy atom. The van der Waals surface area contributed by atoms with Crippen molar-refractivity contribution in [2.45, 2.75) is 11.8 Å². The number of hydrogen-bond donors (Lipinski definition) is 3. The van der Waals surface area contributed by atoms with Gasteiger partial charge in [0.15, 0.2) is 0 Å². The number of carboxylic acid groups (broad SMARTS) is 1. The highest BCUT2D eigenvalue weighted by atomic mass is 32.2. The van der Waals surface area contributed by atoms with Crippen LogP contribution < -0.4 is 5.32 Å². The van der Waals surface area contributed by atoms with E-state index in [0.717, 1.165) is 25.1 Å². The van der Waals surface area contributed by atoms with Crippen LogP contribution in [0.1, 0.15) is 17.3 Å². The summed E-state index contributed by atoms with van der Waals surface area (Å²) in [6, 6.07) is 2.79. The van der Waals surface area contributed by atoms with Gasteiger partial charge in [0.25, 0.3) is 10.1 Å². The van der Waals surface area contributed by atoms with E-state index in [1.165, 1.54) is 0 Å². The zero-order chi connectivity index (χ0) is 13.2. The minimum atomic E-state index is -4.45. The smallest absolute Gasteiger partial charge is 0.337 e. The van der Waals surface area contributed by atoms with Gasteiger partial charge in [0.05, 0.1) is 16.1 Å². The highest BCUT2D eigenvalue weighted by molar-refractivity contribution is 7.85. The molecule has 8 heteroatoms. The molecule has 17 heavy (non-hydrogen) atoms. The van der Waals surface area contributed by atoms with Crippen molar-refractivity contribution in [3.8, 4) is 0 Å². The van der Waals surface area contributed by atoms with Crippen LogP contribution in [0.15, 0.2) is 23.1 Å². The largest absolute Gasteiger partial charge is 0.478 e. The minimum absolute atomic E-state index is 0.194. The second-order valence-corrected chi connectivity index (χ2v) is 4.59. The molecule has 0 spiro atoms. The number of carbonyl (C=O) groups excluding carboxylic acids is 1. The van der Waals surface area contributed by atoms with Crippen LogP contribution in [-0.2, 0) is 14.9 Å². The summed E-state index contributed by atoms with van der Waals surface area (Å²) < 4.78 is 30.5. The Kier molecular flexibility index (Phi) is 3.49. The van der Waals surface area contributed by atoms with E-state index in [1.807, 2.05) is 0 Å². The van der Waals surface area contributed by atoms with Crippen molar-refractivity contribution in [3.05, 3.63) is 23.8 Å². The summed E-state index contributed by atoms with van der Waals surface area (Å²) in [6.45, 7) is 1.14. The Labute approximate surface area is 96.8 Å². The summed E-state index contributed by atoms with van der Waals surface area (Å²) in [6.07, 6.45) is 0. The SMILES string of the molecule is CC(=O)Nc1cc(S(=O)(=O)O)ccc1C(=O)O. The van der Waals surface area contributed by atoms with Gasteiger partial charge in [-0.2, -0.15) is 8.42 Å². The molecule has 1 amide bonds. The predicted octanol–water partition coefficient (Wildman–Crippen LogP) is 0.590. The lowest BCUT2D eigenvalue weighted by Crippen LogP contribution is -2.12. The van der Waals surface area contributed by atoms with Crippen LogP contribution >= 0.6 is 0 Å². The quantitative estimate of drug-likeness (QED) is 0.683. The molecule has 3 N–H and O–H groups in total. The number of hydrogen-bond acceptors (Lipinski definition) is 4. The number of aromatic carboxylic acids is 1. The monoisotopic (exact) mass is 259 g/mol. The van der Waals surface area contributed by atoms with E-state index in [2.05, 4.69) is 5.32 Å². The average Bonchev–Trinajstić information content (AvgIpc) is 2.14. The van der Waals surface area contributed by atoms with Crippen molar-refractivity contribution < 1.29 is 27.7 Å². The molecule has 7 nitrogen and oxygen atoms in total. The molecule has 1 aromatic carbocycles. The molecule has 0 saturated carbocycles. The fourth-order valence-corrected chi connectivity index (χ4v) is 1.67. The van der Waals surface area contributed by atoms with Gasteiger partial charge in [-0.3, -0.25) is 9.35 Å². The Morgan fingerprint density at radius 1 is 1.29 bits per heavy atom. The third-order valence-corrected chi connectivity index (χ3v) is 2.68. The van der Waals surface area contributed by atoms with Gasteiger partial charge in [-0.25, -0.2) is 4.79 Å². The second kappa shape index (κ2) is 4.52. The standard InChI is InChI=1S/C9H9NO6S/c1-5(11)10-8-4-6(17(14,15)16)2-3-7(8)9(12)13/h2-4H,1H3,(H,10,11)(H,12,13)(H,14,15,16). The van der Waals surface area contributed by atoms with Crippen LogP contribution in [0.4, 0.5) is 5.69 Å². The third-order valence-electron chi connectivity index (χ3n) is 1.83. The second-order valence-electron chi connectivity index (χ2n) is 3.17. The number of anilines is 1. The highest BCUT2D eigenvalue weighted by Gasteiger charge is 2.16. The maximum absolute atomic E-state index is 10.8. The number of benzene rings is 1. The molecular weight excluding hydrogens is 250 g/mol. The summed E-state index contributed by atoms with van der Waals surface area (Å²) in [5.41, 5.74) is -0.465. The van der Waals surface area contributed by atoms with Crippen molar-refractivity contribution in [2.75, 3.05) is 5.32 Å². The Morgan fingerprint density at radius 3 is 2.29 bits per heavy atom. The lowest BCUT2D eigenvalue weighted by molar-refractivity contribution is -0.114. The molecule has 0 fully saturated rings. The number of nitrogens with one attached hydrogen (secondary N) is 1. The van der Waals surface area contributed by atoms with Gasteiger partial charge in [-0.05, 0) is 18.2 Å². The first-order valence-electron chi connectivity index (χ1n) is 4.34. The van der Waals surface area contributed by atoms with Crippen LogP contribution in [-0.4, -0.2) is 30.0 Å². The zero-order valence-corrected chi connectivity index (χ0v) is 9.48. The number of amides is 1. The van der Waals surface area contributed by atoms with E-state index < -0.39 is 26.9 Å². The average molecular weight is 259 g/mol. The molecule has 1 rings (SSSR count). The van der Waals surface area contributed by atoms with Gasteiger partial charge in [-0.15, -0.1) is 0 Å². The number of rotatable bonds is 3. The summed E-state index contributed by atoms with van der Waals surface area (Å²) in [5.74, 6) is -1.88. The van der Waals surface area contributed by atoms with E-state index >= 15 is 0 Å². The summed E-state index contributed by atoms with van der Waals surface area (Å²) in [7, 11) is -4.45. The summed E-state index contributed by atoms with van der Waals surface area (Å²) in [4.78, 5) is 21.1. The van der Waals surface area contributed by atoms with Gasteiger partial charge in [-0.1, -0.05) is 0 Å². The van der Waals surface area contributed by atoms with E-state index in [9.17, 15) is 18.0 Å². The van der Waals surface area contributed by atoms with E-state index in [-0.39, 0.29) is 11.3 Å². The highest BCUT2D eigenvalue weighted by Crippen LogP contribution is 2.20. The van der Waals surface area contributed by atoms with Crippen LogP contribution in [0, 0.1) is 0 Å². The number of carbonyl (C=O) groups is 2. The van der Waals surface area contributed by atoms with Gasteiger partial charge in [0, 0.05) is 6.92 Å². The Bertz CT molecular complexity index is 577. The third kappa shape index (κ3) is 3.26. The molecule has 0 saturated heterocycles. The van der Waals surface area contributed by atoms with Gasteiger partial charge >= 0.3 is 5.97 Å². The molecule has 0 aliphatic heterocycles. The van der Waals surface area contributed by atoms with Gasteiger partial charge in [0.2, 0.25) is 5.91 Å². The van der Waals surface area contributed by atoms with E-state index in [4.69, 9.17) is 9.66 Å². The molecule has 0 radical (unpaired) electrons. The normalized spacial score (nSPS) is 10.9. The van der Waals surface area contributed by atoms with Crippen molar-refractivity contribution in [2.24, 2.45) is 0 Å². The maximum atomic E-state index is 10.8. The van der Waals surface area contributed by atoms with Crippen molar-refractivity contribution in [1.82, 2.24) is 0 Å². The number of carboxylic acids is 1. The summed E-state index contributed by atoms with van der Waals surface area (Å²) >= 11 is 0. The Balaban J connectivity index is 3.39. The molecule has 0 heterocycles. The van der Waals surface area contributed by atoms with Crippen molar-refractivity contribution >= 4 is 27.7 Å². The van der Waals surface area contributed by atoms with Gasteiger partial charge < -0.3 is 10.4 Å². The molecular formula is C9H9NO6S. The lowest BCUT2D eigenvalue weighted by Gasteiger charge is -2.07. The maximum Gasteiger partial charge on any atom is 0.337 e. The van der Waals surface area contributed by atoms with Crippen LogP contribution in [0.2, 0.25) is 0 Å². The predicted molar refractivity (Wildman–Crippen MR) is 57.5 cm³/mol. The fourth-order valence-electron chi connectivity index (χ4n) is 1.16. The van der Waals surface area contributed by atoms with Crippen LogP contribution in [0.5, 0.6) is 0 Å². The molecule has 0 bridgehead atoms. The molecule has 0 atom stereocenters. The van der Waals surface area contributed by atoms with Gasteiger partial charge in [0.1, 0.15) is 0 Å². The lowest BCUT2D eigenvalue weighted by atomic mass is 10.2.